The molecule has 0 N–H and O–H groups in total. The molecular weight excluding hydrogens is 344 g/mol. The van der Waals surface area contributed by atoms with E-state index in [1.54, 1.807) is 0 Å². The lowest BCUT2D eigenvalue weighted by Crippen LogP contribution is -2.69. The normalized spacial score (nSPS) is 17.3. The van der Waals surface area contributed by atoms with Crippen LogP contribution < -0.4 is 0 Å². The summed E-state index contributed by atoms with van der Waals surface area (Å²) in [5.74, 6) is -5.02. The van der Waals surface area contributed by atoms with Gasteiger partial charge < -0.3 is 0 Å². The zero-order valence-corrected chi connectivity index (χ0v) is 8.85. The van der Waals surface area contributed by atoms with E-state index in [4.69, 9.17) is 0 Å². The van der Waals surface area contributed by atoms with E-state index < -0.39 is 41.7 Å². The van der Waals surface area contributed by atoms with Gasteiger partial charge in [-0.3, -0.25) is 9.59 Å². The van der Waals surface area contributed by atoms with Crippen molar-refractivity contribution in [1.29, 1.82) is 0 Å². The molecule has 0 aromatic carbocycles. The van der Waals surface area contributed by atoms with Crippen LogP contribution in [0.4, 0.5) is 52.7 Å². The van der Waals surface area contributed by atoms with Gasteiger partial charge in [-0.2, -0.15) is 43.9 Å². The molecule has 124 valence electrons. The van der Waals surface area contributed by atoms with E-state index in [0.29, 0.717) is 0 Å². The molecule has 0 spiro atoms. The van der Waals surface area contributed by atoms with E-state index in [2.05, 4.69) is 0 Å². The Hall–Kier alpha value is -1.50. The summed E-state index contributed by atoms with van der Waals surface area (Å²) in [4.78, 5) is 20.3. The van der Waals surface area contributed by atoms with Crippen molar-refractivity contribution in [3.05, 3.63) is 0 Å². The van der Waals surface area contributed by atoms with E-state index in [9.17, 15) is 62.3 Å². The van der Waals surface area contributed by atoms with Gasteiger partial charge in [-0.15, -0.1) is 0 Å². The van der Waals surface area contributed by atoms with Crippen LogP contribution in [0.15, 0.2) is 0 Å². The fourth-order valence-electron chi connectivity index (χ4n) is 0.985. The molecule has 0 aromatic heterocycles. The maximum absolute atomic E-state index is 12.9. The van der Waals surface area contributed by atoms with Gasteiger partial charge in [0.05, 0.1) is 0 Å². The first-order valence-corrected chi connectivity index (χ1v) is 4.18. The second-order valence-corrected chi connectivity index (χ2v) is 3.41. The zero-order valence-electron chi connectivity index (χ0n) is 8.85. The number of alkyl halides is 11. The predicted octanol–water partition coefficient (Wildman–Crippen LogP) is 3.16. The van der Waals surface area contributed by atoms with Gasteiger partial charge >= 0.3 is 35.9 Å². The molecule has 21 heavy (non-hydrogen) atoms. The standard InChI is InChI=1S/C7F12O2/c8-2(21)3(9,5(11,12)13)1(20)4(10,6(14,15)16)7(17,18)19. The Kier molecular flexibility index (Phi) is 4.42. The van der Waals surface area contributed by atoms with Crippen LogP contribution in [0.5, 0.6) is 0 Å². The molecule has 1 unspecified atom stereocenters. The first-order valence-electron chi connectivity index (χ1n) is 4.18. The molecular formula is C7F12O2. The van der Waals surface area contributed by atoms with E-state index in [-0.39, 0.29) is 0 Å². The molecule has 0 aliphatic heterocycles. The van der Waals surface area contributed by atoms with Gasteiger partial charge in [0.15, 0.2) is 0 Å². The van der Waals surface area contributed by atoms with Crippen molar-refractivity contribution in [2.75, 3.05) is 0 Å². The molecule has 0 aliphatic carbocycles. The number of rotatable bonds is 3. The van der Waals surface area contributed by atoms with Crippen LogP contribution in [0.2, 0.25) is 0 Å². The van der Waals surface area contributed by atoms with Crippen LogP contribution in [0, 0.1) is 0 Å². The third-order valence-corrected chi connectivity index (χ3v) is 2.07. The average Bonchev–Trinajstić information content (AvgIpc) is 2.20. The molecule has 0 rings (SSSR count). The van der Waals surface area contributed by atoms with E-state index >= 15 is 0 Å². The molecule has 2 nitrogen and oxygen atoms in total. The van der Waals surface area contributed by atoms with Crippen molar-refractivity contribution in [2.45, 2.75) is 29.9 Å². The molecule has 0 fully saturated rings. The molecule has 0 amide bonds. The smallest absolute Gasteiger partial charge is 0.291 e. The second-order valence-electron chi connectivity index (χ2n) is 3.41. The van der Waals surface area contributed by atoms with Gasteiger partial charge in [0, 0.05) is 0 Å². The van der Waals surface area contributed by atoms with Crippen LogP contribution >= 0.6 is 0 Å². The monoisotopic (exact) mass is 344 g/mol. The van der Waals surface area contributed by atoms with Crippen LogP contribution in [-0.2, 0) is 9.59 Å². The Balaban J connectivity index is 6.47. The number of carbonyl (C=O) groups is 2. The molecule has 1 atom stereocenters. The van der Waals surface area contributed by atoms with Crippen molar-refractivity contribution >= 4 is 11.8 Å². The number of hydrogen-bond acceptors (Lipinski definition) is 2. The highest BCUT2D eigenvalue weighted by Gasteiger charge is 2.85. The van der Waals surface area contributed by atoms with Crippen molar-refractivity contribution in [2.24, 2.45) is 0 Å². The van der Waals surface area contributed by atoms with Crippen molar-refractivity contribution in [1.82, 2.24) is 0 Å². The van der Waals surface area contributed by atoms with Gasteiger partial charge in [0.1, 0.15) is 0 Å². The highest BCUT2D eigenvalue weighted by molar-refractivity contribution is 6.12. The summed E-state index contributed by atoms with van der Waals surface area (Å²) in [7, 11) is 0. The summed E-state index contributed by atoms with van der Waals surface area (Å²) in [5.41, 5.74) is -14.4. The lowest BCUT2D eigenvalue weighted by atomic mass is 9.86. The number of ketones is 1. The predicted molar refractivity (Wildman–Crippen MR) is 37.0 cm³/mol. The van der Waals surface area contributed by atoms with Crippen LogP contribution in [0.3, 0.4) is 0 Å². The minimum Gasteiger partial charge on any atom is -0.291 e. The van der Waals surface area contributed by atoms with Crippen LogP contribution in [0.25, 0.3) is 0 Å². The van der Waals surface area contributed by atoms with Crippen molar-refractivity contribution in [3.63, 3.8) is 0 Å². The van der Waals surface area contributed by atoms with Gasteiger partial charge in [-0.25, -0.2) is 8.78 Å². The fourth-order valence-corrected chi connectivity index (χ4v) is 0.985. The third-order valence-electron chi connectivity index (χ3n) is 2.07. The van der Waals surface area contributed by atoms with Crippen LogP contribution in [-0.4, -0.2) is 41.7 Å². The summed E-state index contributed by atoms with van der Waals surface area (Å²) < 4.78 is 145. The fraction of sp³-hybridized carbons (Fsp3) is 0.714. The number of halogens is 12. The SMILES string of the molecule is O=C(F)C(F)(C(=O)C(F)(C(F)(F)F)C(F)(F)F)C(F)(F)F. The topological polar surface area (TPSA) is 34.1 Å². The van der Waals surface area contributed by atoms with Crippen molar-refractivity contribution < 1.29 is 62.3 Å². The Labute approximate surface area is 105 Å². The summed E-state index contributed by atoms with van der Waals surface area (Å²) in [5, 5.41) is 0. The minimum atomic E-state index is -7.44. The Morgan fingerprint density at radius 2 is 0.857 bits per heavy atom. The number of Topliss-reactive ketones (excluding diaryl/α,β-unsaturated/α-hetero) is 1. The van der Waals surface area contributed by atoms with Crippen LogP contribution in [0.1, 0.15) is 0 Å². The van der Waals surface area contributed by atoms with Crippen molar-refractivity contribution in [3.8, 4) is 0 Å². The van der Waals surface area contributed by atoms with Gasteiger partial charge in [-0.1, -0.05) is 0 Å². The van der Waals surface area contributed by atoms with Gasteiger partial charge in [-0.05, 0) is 0 Å². The lowest BCUT2D eigenvalue weighted by Gasteiger charge is -2.33. The summed E-state index contributed by atoms with van der Waals surface area (Å²) in [6, 6.07) is -4.57. The largest absolute Gasteiger partial charge is 0.440 e. The van der Waals surface area contributed by atoms with Gasteiger partial charge in [0.25, 0.3) is 0 Å². The minimum absolute atomic E-state index is 4.57. The highest BCUT2D eigenvalue weighted by Crippen LogP contribution is 2.51. The average molecular weight is 344 g/mol. The second kappa shape index (κ2) is 4.76. The first kappa shape index (κ1) is 19.5. The summed E-state index contributed by atoms with van der Waals surface area (Å²) in [6.07, 6.45) is -22.1. The molecule has 14 heteroatoms. The molecule has 0 aromatic rings. The van der Waals surface area contributed by atoms with E-state index in [1.807, 2.05) is 0 Å². The Morgan fingerprint density at radius 1 is 0.571 bits per heavy atom. The molecule has 0 bridgehead atoms. The third kappa shape index (κ3) is 2.66. The zero-order chi connectivity index (χ0) is 17.7. The Bertz CT molecular complexity index is 428. The first-order chi connectivity index (χ1) is 8.85. The highest BCUT2D eigenvalue weighted by atomic mass is 19.4. The molecule has 0 saturated carbocycles. The molecule has 0 radical (unpaired) electrons. The molecule has 0 saturated heterocycles. The quantitative estimate of drug-likeness (QED) is 0.448. The molecule has 0 aliphatic rings. The number of carbonyl (C=O) groups excluding carboxylic acids is 2. The molecule has 0 heterocycles. The maximum atomic E-state index is 12.9. The van der Waals surface area contributed by atoms with E-state index in [1.165, 1.54) is 0 Å². The number of hydrogen-bond donors (Lipinski definition) is 0. The Morgan fingerprint density at radius 3 is 1.00 bits per heavy atom. The lowest BCUT2D eigenvalue weighted by molar-refractivity contribution is -0.332. The summed E-state index contributed by atoms with van der Waals surface area (Å²) >= 11 is 0. The van der Waals surface area contributed by atoms with E-state index in [0.717, 1.165) is 0 Å². The summed E-state index contributed by atoms with van der Waals surface area (Å²) in [6.45, 7) is 0. The maximum Gasteiger partial charge on any atom is 0.440 e. The van der Waals surface area contributed by atoms with Gasteiger partial charge in [0.2, 0.25) is 5.78 Å².